The monoisotopic (exact) mass is 332 g/mol. The predicted molar refractivity (Wildman–Crippen MR) is 97.7 cm³/mol. The van der Waals surface area contributed by atoms with Gasteiger partial charge in [0.25, 0.3) is 0 Å². The fourth-order valence-electron chi connectivity index (χ4n) is 2.50. The summed E-state index contributed by atoms with van der Waals surface area (Å²) in [5.74, 6) is 0.978. The number of nitrogens with zero attached hydrogens (tertiary/aromatic N) is 5. The summed E-state index contributed by atoms with van der Waals surface area (Å²) in [7, 11) is 1.88. The van der Waals surface area contributed by atoms with E-state index in [0.29, 0.717) is 23.0 Å². The van der Waals surface area contributed by atoms with E-state index in [2.05, 4.69) is 30.6 Å². The molecule has 4 rings (SSSR count). The molecule has 3 aromatic heterocycles. The molecule has 0 aliphatic heterocycles. The van der Waals surface area contributed by atoms with Crippen LogP contribution in [0.25, 0.3) is 17.0 Å². The van der Waals surface area contributed by atoms with Crippen LogP contribution in [0.5, 0.6) is 0 Å². The minimum absolute atomic E-state index is 0.349. The Kier molecular flexibility index (Phi) is 3.62. The summed E-state index contributed by atoms with van der Waals surface area (Å²) < 4.78 is 1.89. The van der Waals surface area contributed by atoms with Gasteiger partial charge in [-0.2, -0.15) is 0 Å². The van der Waals surface area contributed by atoms with Gasteiger partial charge in [0.15, 0.2) is 11.5 Å². The zero-order valence-corrected chi connectivity index (χ0v) is 13.5. The van der Waals surface area contributed by atoms with Crippen LogP contribution in [0.2, 0.25) is 0 Å². The molecule has 0 aliphatic rings. The molecule has 8 heteroatoms. The van der Waals surface area contributed by atoms with Crippen molar-refractivity contribution < 1.29 is 0 Å². The second-order valence-corrected chi connectivity index (χ2v) is 5.41. The molecule has 8 nitrogen and oxygen atoms in total. The molecule has 0 saturated carbocycles. The Bertz CT molecular complexity index is 1020. The van der Waals surface area contributed by atoms with E-state index in [9.17, 15) is 0 Å². The van der Waals surface area contributed by atoms with Gasteiger partial charge in [-0.3, -0.25) is 4.98 Å². The van der Waals surface area contributed by atoms with E-state index in [-0.39, 0.29) is 0 Å². The second-order valence-electron chi connectivity index (χ2n) is 5.41. The maximum atomic E-state index is 5.74. The minimum atomic E-state index is 0.349. The smallest absolute Gasteiger partial charge is 0.180 e. The summed E-state index contributed by atoms with van der Waals surface area (Å²) >= 11 is 0. The fraction of sp³-hybridized carbons (Fsp3) is 0.0588. The molecule has 4 aromatic rings. The van der Waals surface area contributed by atoms with Crippen molar-refractivity contribution in [2.75, 3.05) is 23.4 Å². The fourth-order valence-corrected chi connectivity index (χ4v) is 2.50. The predicted octanol–water partition coefficient (Wildman–Crippen LogP) is 2.55. The molecule has 4 N–H and O–H groups in total. The molecule has 0 unspecified atom stereocenters. The number of hydrogen-bond acceptors (Lipinski definition) is 7. The summed E-state index contributed by atoms with van der Waals surface area (Å²) in [6, 6.07) is 7.91. The molecule has 0 saturated heterocycles. The first-order valence-electron chi connectivity index (χ1n) is 7.69. The van der Waals surface area contributed by atoms with Gasteiger partial charge in [0.1, 0.15) is 17.2 Å². The molecular formula is C17H16N8. The summed E-state index contributed by atoms with van der Waals surface area (Å²) in [4.78, 5) is 17.4. The molecule has 0 fully saturated rings. The third kappa shape index (κ3) is 2.92. The lowest BCUT2D eigenvalue weighted by atomic mass is 10.3. The van der Waals surface area contributed by atoms with Crippen LogP contribution in [0.1, 0.15) is 0 Å². The molecule has 0 aliphatic carbocycles. The Morgan fingerprint density at radius 3 is 2.56 bits per heavy atom. The maximum absolute atomic E-state index is 5.74. The SMILES string of the molecule is CNc1ccc(Nc2nc(-c3cncc(N)n3)cn3ccnc23)cc1. The molecule has 124 valence electrons. The zero-order valence-electron chi connectivity index (χ0n) is 13.5. The average Bonchev–Trinajstić information content (AvgIpc) is 3.11. The molecule has 0 spiro atoms. The van der Waals surface area contributed by atoms with Crippen molar-refractivity contribution in [1.29, 1.82) is 0 Å². The van der Waals surface area contributed by atoms with Crippen molar-refractivity contribution >= 4 is 28.7 Å². The molecule has 0 bridgehead atoms. The van der Waals surface area contributed by atoms with E-state index in [1.807, 2.05) is 48.1 Å². The average molecular weight is 332 g/mol. The third-order valence-corrected chi connectivity index (χ3v) is 3.73. The standard InChI is InChI=1S/C17H16N8/c1-19-11-2-4-12(5-3-11)22-16-17-21-6-7-25(17)10-14(24-16)13-8-20-9-15(18)23-13/h2-10,19H,1H3,(H2,18,23)(H,22,24). The molecule has 0 radical (unpaired) electrons. The Morgan fingerprint density at radius 1 is 1.00 bits per heavy atom. The van der Waals surface area contributed by atoms with Gasteiger partial charge in [-0.1, -0.05) is 0 Å². The number of benzene rings is 1. The van der Waals surface area contributed by atoms with Gasteiger partial charge in [-0.25, -0.2) is 15.0 Å². The van der Waals surface area contributed by atoms with Crippen molar-refractivity contribution in [1.82, 2.24) is 24.3 Å². The van der Waals surface area contributed by atoms with Crippen molar-refractivity contribution in [3.63, 3.8) is 0 Å². The Morgan fingerprint density at radius 2 is 1.80 bits per heavy atom. The molecule has 1 aromatic carbocycles. The Hall–Kier alpha value is -3.68. The Labute approximate surface area is 143 Å². The number of hydrogen-bond donors (Lipinski definition) is 3. The highest BCUT2D eigenvalue weighted by atomic mass is 15.1. The number of nitrogens with two attached hydrogens (primary N) is 1. The quantitative estimate of drug-likeness (QED) is 0.527. The van der Waals surface area contributed by atoms with E-state index < -0.39 is 0 Å². The summed E-state index contributed by atoms with van der Waals surface area (Å²) in [6.07, 6.45) is 8.56. The first-order valence-corrected chi connectivity index (χ1v) is 7.69. The lowest BCUT2D eigenvalue weighted by molar-refractivity contribution is 1.11. The van der Waals surface area contributed by atoms with Crippen molar-refractivity contribution in [3.05, 3.63) is 55.2 Å². The third-order valence-electron chi connectivity index (χ3n) is 3.73. The van der Waals surface area contributed by atoms with Gasteiger partial charge >= 0.3 is 0 Å². The van der Waals surface area contributed by atoms with Gasteiger partial charge in [-0.05, 0) is 24.3 Å². The van der Waals surface area contributed by atoms with Gasteiger partial charge in [0, 0.05) is 37.0 Å². The van der Waals surface area contributed by atoms with E-state index >= 15 is 0 Å². The molecule has 25 heavy (non-hydrogen) atoms. The van der Waals surface area contributed by atoms with Gasteiger partial charge < -0.3 is 20.8 Å². The number of nitrogens with one attached hydrogen (secondary N) is 2. The highest BCUT2D eigenvalue weighted by Gasteiger charge is 2.11. The molecule has 0 atom stereocenters. The lowest BCUT2D eigenvalue weighted by Gasteiger charge is -2.10. The molecule has 0 amide bonds. The zero-order chi connectivity index (χ0) is 17.2. The van der Waals surface area contributed by atoms with Crippen molar-refractivity contribution in [2.45, 2.75) is 0 Å². The maximum Gasteiger partial charge on any atom is 0.180 e. The van der Waals surface area contributed by atoms with Crippen molar-refractivity contribution in [3.8, 4) is 11.4 Å². The van der Waals surface area contributed by atoms with E-state index in [0.717, 1.165) is 17.0 Å². The normalized spacial score (nSPS) is 10.8. The van der Waals surface area contributed by atoms with Crippen LogP contribution in [-0.2, 0) is 0 Å². The van der Waals surface area contributed by atoms with Gasteiger partial charge in [0.2, 0.25) is 0 Å². The highest BCUT2D eigenvalue weighted by Crippen LogP contribution is 2.24. The first kappa shape index (κ1) is 14.9. The summed E-state index contributed by atoms with van der Waals surface area (Å²) in [5.41, 5.74) is 9.65. The van der Waals surface area contributed by atoms with Gasteiger partial charge in [0.05, 0.1) is 12.4 Å². The number of rotatable bonds is 4. The van der Waals surface area contributed by atoms with Crippen LogP contribution < -0.4 is 16.4 Å². The summed E-state index contributed by atoms with van der Waals surface area (Å²) in [5, 5.41) is 6.40. The van der Waals surface area contributed by atoms with Crippen molar-refractivity contribution in [2.24, 2.45) is 0 Å². The highest BCUT2D eigenvalue weighted by molar-refractivity contribution is 5.73. The van der Waals surface area contributed by atoms with Crippen LogP contribution in [0.4, 0.5) is 23.0 Å². The Balaban J connectivity index is 1.77. The van der Waals surface area contributed by atoms with Crippen LogP contribution in [-0.4, -0.2) is 31.4 Å². The number of aromatic nitrogens is 5. The first-order chi connectivity index (χ1) is 12.2. The van der Waals surface area contributed by atoms with E-state index in [1.54, 1.807) is 12.4 Å². The second kappa shape index (κ2) is 6.08. The van der Waals surface area contributed by atoms with E-state index in [4.69, 9.17) is 5.73 Å². The largest absolute Gasteiger partial charge is 0.388 e. The van der Waals surface area contributed by atoms with Crippen LogP contribution in [0, 0.1) is 0 Å². The molecular weight excluding hydrogens is 316 g/mol. The number of imidazole rings is 1. The van der Waals surface area contributed by atoms with E-state index in [1.165, 1.54) is 6.20 Å². The minimum Gasteiger partial charge on any atom is -0.388 e. The summed E-state index contributed by atoms with van der Waals surface area (Å²) in [6.45, 7) is 0. The topological polar surface area (TPSA) is 106 Å². The molecule has 3 heterocycles. The van der Waals surface area contributed by atoms with Crippen LogP contribution >= 0.6 is 0 Å². The number of fused-ring (bicyclic) bond motifs is 1. The number of anilines is 4. The van der Waals surface area contributed by atoms with Gasteiger partial charge in [-0.15, -0.1) is 0 Å². The lowest BCUT2D eigenvalue weighted by Crippen LogP contribution is -2.02. The van der Waals surface area contributed by atoms with Crippen LogP contribution in [0.3, 0.4) is 0 Å². The van der Waals surface area contributed by atoms with Crippen LogP contribution in [0.15, 0.2) is 55.2 Å². The number of nitrogen functional groups attached to an aromatic ring is 1.